The van der Waals surface area contributed by atoms with Gasteiger partial charge in [-0.3, -0.25) is 0 Å². The second-order valence-electron chi connectivity index (χ2n) is 18.8. The van der Waals surface area contributed by atoms with Gasteiger partial charge in [0.25, 0.3) is 20.0 Å². The molecule has 6 aromatic rings. The second kappa shape index (κ2) is 22.2. The van der Waals surface area contributed by atoms with Crippen molar-refractivity contribution in [1.82, 2.24) is 4.13 Å². The minimum Gasteiger partial charge on any atom is -0.456 e. The van der Waals surface area contributed by atoms with Gasteiger partial charge in [0, 0.05) is 34.3 Å². The highest BCUT2D eigenvalue weighted by atomic mass is 32.3. The van der Waals surface area contributed by atoms with E-state index in [1.165, 1.54) is 33.0 Å². The second-order valence-corrected chi connectivity index (χ2v) is 23.4. The van der Waals surface area contributed by atoms with E-state index in [2.05, 4.69) is 97.9 Å². The number of sulfonamides is 2. The van der Waals surface area contributed by atoms with Crippen LogP contribution in [-0.4, -0.2) is 47.5 Å². The molecule has 15 heteroatoms. The molecular weight excluding hydrogens is 971 g/mol. The third-order valence-electron chi connectivity index (χ3n) is 12.4. The van der Waals surface area contributed by atoms with Crippen LogP contribution in [0.15, 0.2) is 112 Å². The molecule has 2 N–H and O–H groups in total. The van der Waals surface area contributed by atoms with Crippen molar-refractivity contribution in [2.45, 2.75) is 107 Å². The van der Waals surface area contributed by atoms with E-state index in [0.29, 0.717) is 46.0 Å². The van der Waals surface area contributed by atoms with Crippen LogP contribution in [0.25, 0.3) is 11.6 Å². The maximum Gasteiger partial charge on any atom is 0.259 e. The Bertz CT molecular complexity index is 3260. The number of halogens is 4. The first kappa shape index (κ1) is 53.5. The quantitative estimate of drug-likeness (QED) is 0.0356. The van der Waals surface area contributed by atoms with Crippen LogP contribution < -0.4 is 19.3 Å². The highest BCUT2D eigenvalue weighted by molar-refractivity contribution is 8.04. The summed E-state index contributed by atoms with van der Waals surface area (Å²) in [5, 5.41) is 10.1. The fraction of sp³-hybridized carbons (Fsp3) is 0.321. The Kier molecular flexibility index (Phi) is 16.7. The van der Waals surface area contributed by atoms with Crippen molar-refractivity contribution < 1.29 is 49.0 Å². The van der Waals surface area contributed by atoms with Gasteiger partial charge in [-0.15, -0.1) is 15.9 Å². The van der Waals surface area contributed by atoms with Crippen LogP contribution in [0, 0.1) is 23.3 Å². The third-order valence-corrected chi connectivity index (χ3v) is 17.2. The van der Waals surface area contributed by atoms with E-state index in [1.54, 1.807) is 12.1 Å². The predicted molar refractivity (Wildman–Crippen MR) is 273 cm³/mol. The van der Waals surface area contributed by atoms with E-state index in [9.17, 15) is 16.8 Å². The molecule has 1 heterocycles. The number of ether oxygens (including phenoxy) is 2. The van der Waals surface area contributed by atoms with E-state index in [-0.39, 0.29) is 61.2 Å². The average molecular weight is 1030 g/mol. The molecule has 0 fully saturated rings. The summed E-state index contributed by atoms with van der Waals surface area (Å²) in [6.45, 7) is 17.0. The summed E-state index contributed by atoms with van der Waals surface area (Å²) in [7, 11) is -11.2. The fourth-order valence-corrected chi connectivity index (χ4v) is 13.2. The highest BCUT2D eigenvalue weighted by Gasteiger charge is 2.37. The number of aliphatic hydroxyl groups excluding tert-OH is 1. The standard InChI is InChI=1S/C56H59F4NO7S3/c1-32(2)38-15-11-16-39(33(3)4)45(38)28-36-20-22-42-47(30-36)68-48-31-37(29-46-40(34(5)6)17-12-18-41(46)35(7)8)21-23-43(48)50(42)44-14-9-10-19-49(44)70(63,64)61-71(65,66)56-53(59)51(57)55(52(58)54(56)60)69-27-13-25-67-26-24-62/h9-12,14-23,28,30-35,61-62H,13,24-27,29H2,1-8H3/b36-28+. The molecule has 0 saturated heterocycles. The molecule has 71 heavy (non-hydrogen) atoms. The molecule has 7 rings (SSSR count). The van der Waals surface area contributed by atoms with Crippen molar-refractivity contribution in [3.63, 3.8) is 0 Å². The van der Waals surface area contributed by atoms with E-state index in [0.717, 1.165) is 33.5 Å². The van der Waals surface area contributed by atoms with Crippen LogP contribution in [0.4, 0.5) is 17.6 Å². The Hall–Kier alpha value is -5.29. The Balaban J connectivity index is 1.38. The Morgan fingerprint density at radius 1 is 0.648 bits per heavy atom. The first-order valence-corrected chi connectivity index (χ1v) is 27.6. The lowest BCUT2D eigenvalue weighted by molar-refractivity contribution is 0.0933. The van der Waals surface area contributed by atoms with Gasteiger partial charge in [-0.2, -0.15) is 0 Å². The summed E-state index contributed by atoms with van der Waals surface area (Å²) >= 11 is 0.383. The van der Waals surface area contributed by atoms with Gasteiger partial charge in [0.1, 0.15) is 11.5 Å². The van der Waals surface area contributed by atoms with Crippen LogP contribution >= 0.6 is 11.8 Å². The Morgan fingerprint density at radius 3 is 1.83 bits per heavy atom. The van der Waals surface area contributed by atoms with Crippen LogP contribution in [0.1, 0.15) is 136 Å². The number of benzene rings is 6. The molecule has 0 amide bonds. The molecule has 0 aromatic heterocycles. The molecule has 0 saturated carbocycles. The topological polar surface area (TPSA) is 119 Å². The number of fused-ring (bicyclic) bond motifs is 2. The van der Waals surface area contributed by atoms with Crippen molar-refractivity contribution in [1.29, 1.82) is 0 Å². The number of rotatable bonds is 19. The van der Waals surface area contributed by atoms with E-state index < -0.39 is 58.0 Å². The summed E-state index contributed by atoms with van der Waals surface area (Å²) in [6.07, 6.45) is 2.85. The average Bonchev–Trinajstić information content (AvgIpc) is 3.31. The maximum atomic E-state index is 15.7. The zero-order valence-electron chi connectivity index (χ0n) is 41.0. The van der Waals surface area contributed by atoms with Crippen LogP contribution in [0.5, 0.6) is 11.5 Å². The minimum absolute atomic E-state index is 0.0120. The van der Waals surface area contributed by atoms with Crippen LogP contribution in [-0.2, 0) is 31.2 Å². The van der Waals surface area contributed by atoms with Gasteiger partial charge in [-0.25, -0.2) is 34.4 Å². The molecule has 376 valence electrons. The SMILES string of the molecule is CC(C)c1cccc(C(C)C)c1/C=c1\ccc2c(c1)Oc1cc(Cc3c(C(C)C)cccc3C(C)C)ccc1C=2c1ccccc1S(=O)(=O)NS(=O)(=O)c1c(F)c(F)c(SCCCOCCO)c(F)c1F. The van der Waals surface area contributed by atoms with Gasteiger partial charge >= 0.3 is 0 Å². The van der Waals surface area contributed by atoms with E-state index in [1.807, 2.05) is 30.3 Å². The summed E-state index contributed by atoms with van der Waals surface area (Å²) in [4.78, 5) is -3.86. The lowest BCUT2D eigenvalue weighted by Crippen LogP contribution is -2.33. The van der Waals surface area contributed by atoms with E-state index in [4.69, 9.17) is 14.6 Å². The van der Waals surface area contributed by atoms with Gasteiger partial charge in [0.05, 0.1) is 23.0 Å². The zero-order valence-corrected chi connectivity index (χ0v) is 43.4. The van der Waals surface area contributed by atoms with Crippen molar-refractivity contribution >= 4 is 43.5 Å². The summed E-state index contributed by atoms with van der Waals surface area (Å²) in [5.41, 5.74) is 8.80. The van der Waals surface area contributed by atoms with Crippen molar-refractivity contribution in [3.05, 3.63) is 181 Å². The van der Waals surface area contributed by atoms with Gasteiger partial charge in [0.2, 0.25) is 0 Å². The lowest BCUT2D eigenvalue weighted by Gasteiger charge is -2.24. The van der Waals surface area contributed by atoms with E-state index >= 15 is 17.6 Å². The summed E-state index contributed by atoms with van der Waals surface area (Å²) < 4.78 is 132. The largest absolute Gasteiger partial charge is 0.456 e. The van der Waals surface area contributed by atoms with Gasteiger partial charge < -0.3 is 14.6 Å². The first-order valence-electron chi connectivity index (χ1n) is 23.6. The molecule has 6 aromatic carbocycles. The third kappa shape index (κ3) is 11.4. The van der Waals surface area contributed by atoms with Gasteiger partial charge in [0.15, 0.2) is 28.2 Å². The van der Waals surface area contributed by atoms with Crippen LogP contribution in [0.2, 0.25) is 0 Å². The monoisotopic (exact) mass is 1030 g/mol. The summed E-state index contributed by atoms with van der Waals surface area (Å²) in [5.74, 6) is -6.97. The smallest absolute Gasteiger partial charge is 0.259 e. The number of hydrogen-bond donors (Lipinski definition) is 2. The Labute approximate surface area is 419 Å². The molecule has 0 aliphatic carbocycles. The molecule has 1 aliphatic rings. The Morgan fingerprint density at radius 2 is 1.24 bits per heavy atom. The predicted octanol–water partition coefficient (Wildman–Crippen LogP) is 11.7. The molecular formula is C56H59F4NO7S3. The molecule has 0 radical (unpaired) electrons. The fourth-order valence-electron chi connectivity index (χ4n) is 9.09. The van der Waals surface area contributed by atoms with Gasteiger partial charge in [-0.1, -0.05) is 128 Å². The summed E-state index contributed by atoms with van der Waals surface area (Å²) in [6, 6.07) is 29.4. The van der Waals surface area contributed by atoms with Crippen molar-refractivity contribution in [2.75, 3.05) is 25.6 Å². The maximum absolute atomic E-state index is 15.7. The van der Waals surface area contributed by atoms with Crippen molar-refractivity contribution in [3.8, 4) is 11.5 Å². The molecule has 1 aliphatic heterocycles. The molecule has 0 bridgehead atoms. The molecule has 0 unspecified atom stereocenters. The first-order chi connectivity index (χ1) is 33.7. The normalized spacial score (nSPS) is 13.1. The number of aliphatic hydroxyl groups is 1. The number of nitrogens with one attached hydrogen (secondary N) is 1. The molecule has 8 nitrogen and oxygen atoms in total. The zero-order chi connectivity index (χ0) is 51.5. The number of thioether (sulfide) groups is 1. The van der Waals surface area contributed by atoms with Crippen molar-refractivity contribution in [2.24, 2.45) is 0 Å². The minimum atomic E-state index is -5.86. The van der Waals surface area contributed by atoms with Gasteiger partial charge in [-0.05, 0) is 111 Å². The lowest BCUT2D eigenvalue weighted by atomic mass is 9.85. The number of hydrogen-bond acceptors (Lipinski definition) is 8. The molecule has 0 atom stereocenters. The highest BCUT2D eigenvalue weighted by Crippen LogP contribution is 2.41. The van der Waals surface area contributed by atoms with Crippen LogP contribution in [0.3, 0.4) is 0 Å². The molecule has 0 spiro atoms.